The second-order valence-corrected chi connectivity index (χ2v) is 4.98. The quantitative estimate of drug-likeness (QED) is 0.617. The number of rotatable bonds is 1. The highest BCUT2D eigenvalue weighted by atomic mass is 16.2. The van der Waals surface area contributed by atoms with Gasteiger partial charge in [0.1, 0.15) is 0 Å². The largest absolute Gasteiger partial charge is 0.296 e. The van der Waals surface area contributed by atoms with Gasteiger partial charge in [-0.05, 0) is 6.42 Å². The molecule has 4 amide bonds. The number of hydrogen-bond acceptors (Lipinski definition) is 4. The molecule has 2 fully saturated rings. The molecule has 2 aliphatic heterocycles. The molecule has 0 aromatic carbocycles. The fourth-order valence-electron chi connectivity index (χ4n) is 3.11. The SMILES string of the molecule is O=C1CCC(C23C=CC=CC2C(=O)NC3=O)C(=O)N1. The van der Waals surface area contributed by atoms with E-state index in [1.165, 1.54) is 0 Å². The van der Waals surface area contributed by atoms with Gasteiger partial charge in [-0.1, -0.05) is 24.3 Å². The summed E-state index contributed by atoms with van der Waals surface area (Å²) in [6, 6.07) is 0. The Bertz CT molecular complexity index is 563. The van der Waals surface area contributed by atoms with Crippen molar-refractivity contribution in [2.24, 2.45) is 17.3 Å². The average Bonchev–Trinajstić information content (AvgIpc) is 2.62. The standard InChI is InChI=1S/C13H12N2O4/c16-9-5-4-8(10(17)14-9)13-6-2-1-3-7(13)11(18)15-12(13)19/h1-3,6-8H,4-5H2,(H,14,16,17)(H,15,18,19). The van der Waals surface area contributed by atoms with E-state index >= 15 is 0 Å². The van der Waals surface area contributed by atoms with E-state index in [1.807, 2.05) is 0 Å². The van der Waals surface area contributed by atoms with Gasteiger partial charge in [0.2, 0.25) is 23.6 Å². The molecular formula is C13H12N2O4. The number of hydrogen-bond donors (Lipinski definition) is 2. The fraction of sp³-hybridized carbons (Fsp3) is 0.385. The maximum Gasteiger partial charge on any atom is 0.238 e. The summed E-state index contributed by atoms with van der Waals surface area (Å²) in [6.07, 6.45) is 7.05. The lowest BCUT2D eigenvalue weighted by atomic mass is 9.63. The zero-order valence-corrected chi connectivity index (χ0v) is 10.0. The van der Waals surface area contributed by atoms with Crippen LogP contribution in [0.2, 0.25) is 0 Å². The third kappa shape index (κ3) is 1.49. The highest BCUT2D eigenvalue weighted by Gasteiger charge is 2.60. The van der Waals surface area contributed by atoms with E-state index in [9.17, 15) is 19.2 Å². The molecule has 0 saturated carbocycles. The molecule has 3 atom stereocenters. The van der Waals surface area contributed by atoms with Crippen LogP contribution in [0.4, 0.5) is 0 Å². The first-order chi connectivity index (χ1) is 9.05. The maximum absolute atomic E-state index is 12.2. The third-order valence-electron chi connectivity index (χ3n) is 4.03. The van der Waals surface area contributed by atoms with Crippen molar-refractivity contribution in [2.75, 3.05) is 0 Å². The van der Waals surface area contributed by atoms with Gasteiger partial charge in [-0.2, -0.15) is 0 Å². The molecule has 6 heteroatoms. The van der Waals surface area contributed by atoms with Gasteiger partial charge in [-0.15, -0.1) is 0 Å². The molecule has 3 rings (SSSR count). The fourth-order valence-corrected chi connectivity index (χ4v) is 3.11. The molecule has 6 nitrogen and oxygen atoms in total. The second kappa shape index (κ2) is 3.88. The van der Waals surface area contributed by atoms with E-state index < -0.39 is 35.0 Å². The number of allylic oxidation sites excluding steroid dienone is 2. The van der Waals surface area contributed by atoms with Crippen LogP contribution < -0.4 is 10.6 Å². The molecule has 2 saturated heterocycles. The first kappa shape index (κ1) is 11.8. The second-order valence-electron chi connectivity index (χ2n) is 4.98. The van der Waals surface area contributed by atoms with Crippen LogP contribution in [-0.2, 0) is 19.2 Å². The Hall–Kier alpha value is -2.24. The molecule has 98 valence electrons. The van der Waals surface area contributed by atoms with E-state index in [1.54, 1.807) is 24.3 Å². The Labute approximate surface area is 108 Å². The summed E-state index contributed by atoms with van der Waals surface area (Å²) in [5.74, 6) is -3.04. The van der Waals surface area contributed by atoms with Crippen molar-refractivity contribution < 1.29 is 19.2 Å². The molecule has 1 aliphatic carbocycles. The van der Waals surface area contributed by atoms with E-state index in [0.717, 1.165) is 0 Å². The Balaban J connectivity index is 2.05. The Kier molecular flexibility index (Phi) is 2.41. The number of carbonyl (C=O) groups is 4. The number of nitrogens with one attached hydrogen (secondary N) is 2. The van der Waals surface area contributed by atoms with Gasteiger partial charge < -0.3 is 0 Å². The normalized spacial score (nSPS) is 37.1. The first-order valence-electron chi connectivity index (χ1n) is 6.11. The number of piperidine rings is 1. The smallest absolute Gasteiger partial charge is 0.238 e. The van der Waals surface area contributed by atoms with E-state index in [0.29, 0.717) is 0 Å². The molecule has 0 bridgehead atoms. The molecule has 19 heavy (non-hydrogen) atoms. The highest BCUT2D eigenvalue weighted by Crippen LogP contribution is 2.47. The minimum atomic E-state index is -1.18. The lowest BCUT2D eigenvalue weighted by molar-refractivity contribution is -0.144. The summed E-state index contributed by atoms with van der Waals surface area (Å²) in [5, 5.41) is 4.53. The lowest BCUT2D eigenvalue weighted by Crippen LogP contribution is -2.52. The molecule has 2 heterocycles. The van der Waals surface area contributed by atoms with Crippen LogP contribution in [0.25, 0.3) is 0 Å². The van der Waals surface area contributed by atoms with Gasteiger partial charge in [0, 0.05) is 6.42 Å². The predicted octanol–water partition coefficient (Wildman–Crippen LogP) is -0.576. The minimum absolute atomic E-state index is 0.184. The predicted molar refractivity (Wildman–Crippen MR) is 63.2 cm³/mol. The summed E-state index contributed by atoms with van der Waals surface area (Å²) in [4.78, 5) is 47.2. The molecule has 0 spiro atoms. The number of imide groups is 2. The summed E-state index contributed by atoms with van der Waals surface area (Å²) in [7, 11) is 0. The van der Waals surface area contributed by atoms with Crippen molar-refractivity contribution in [3.63, 3.8) is 0 Å². The van der Waals surface area contributed by atoms with Crippen molar-refractivity contribution in [3.05, 3.63) is 24.3 Å². The summed E-state index contributed by atoms with van der Waals surface area (Å²) in [6.45, 7) is 0. The van der Waals surface area contributed by atoms with Crippen LogP contribution in [-0.4, -0.2) is 23.6 Å². The van der Waals surface area contributed by atoms with E-state index in [-0.39, 0.29) is 18.7 Å². The Morgan fingerprint density at radius 2 is 1.84 bits per heavy atom. The molecule has 0 radical (unpaired) electrons. The molecule has 0 aromatic heterocycles. The molecule has 0 aromatic rings. The molecule has 3 aliphatic rings. The first-order valence-corrected chi connectivity index (χ1v) is 6.11. The van der Waals surface area contributed by atoms with Crippen molar-refractivity contribution in [3.8, 4) is 0 Å². The van der Waals surface area contributed by atoms with Gasteiger partial charge in [-0.25, -0.2) is 0 Å². The average molecular weight is 260 g/mol. The van der Waals surface area contributed by atoms with Gasteiger partial charge in [0.15, 0.2) is 0 Å². The Morgan fingerprint density at radius 3 is 2.58 bits per heavy atom. The van der Waals surface area contributed by atoms with Crippen LogP contribution in [0.1, 0.15) is 12.8 Å². The maximum atomic E-state index is 12.2. The van der Waals surface area contributed by atoms with Crippen molar-refractivity contribution >= 4 is 23.6 Å². The zero-order chi connectivity index (χ0) is 13.6. The number of fused-ring (bicyclic) bond motifs is 1. The monoisotopic (exact) mass is 260 g/mol. The zero-order valence-electron chi connectivity index (χ0n) is 10.0. The minimum Gasteiger partial charge on any atom is -0.296 e. The van der Waals surface area contributed by atoms with Gasteiger partial charge >= 0.3 is 0 Å². The van der Waals surface area contributed by atoms with E-state index in [4.69, 9.17) is 0 Å². The summed E-state index contributed by atoms with van der Waals surface area (Å²) >= 11 is 0. The van der Waals surface area contributed by atoms with Crippen molar-refractivity contribution in [1.82, 2.24) is 10.6 Å². The van der Waals surface area contributed by atoms with Gasteiger partial charge in [0.25, 0.3) is 0 Å². The number of carbonyl (C=O) groups excluding carboxylic acids is 4. The van der Waals surface area contributed by atoms with Crippen LogP contribution in [0.5, 0.6) is 0 Å². The molecule has 2 N–H and O–H groups in total. The van der Waals surface area contributed by atoms with Crippen molar-refractivity contribution in [1.29, 1.82) is 0 Å². The topological polar surface area (TPSA) is 92.3 Å². The van der Waals surface area contributed by atoms with E-state index in [2.05, 4.69) is 10.6 Å². The number of amides is 4. The third-order valence-corrected chi connectivity index (χ3v) is 4.03. The summed E-state index contributed by atoms with van der Waals surface area (Å²) in [5.41, 5.74) is -1.18. The Morgan fingerprint density at radius 1 is 1.05 bits per heavy atom. The molecule has 3 unspecified atom stereocenters. The lowest BCUT2D eigenvalue weighted by Gasteiger charge is -2.37. The van der Waals surface area contributed by atoms with Crippen LogP contribution in [0, 0.1) is 17.3 Å². The van der Waals surface area contributed by atoms with Crippen molar-refractivity contribution in [2.45, 2.75) is 12.8 Å². The van der Waals surface area contributed by atoms with Gasteiger partial charge in [0.05, 0.1) is 17.3 Å². The summed E-state index contributed by atoms with van der Waals surface area (Å²) < 4.78 is 0. The van der Waals surface area contributed by atoms with Crippen LogP contribution in [0.15, 0.2) is 24.3 Å². The van der Waals surface area contributed by atoms with Crippen LogP contribution >= 0.6 is 0 Å². The van der Waals surface area contributed by atoms with Gasteiger partial charge in [-0.3, -0.25) is 29.8 Å². The highest BCUT2D eigenvalue weighted by molar-refractivity contribution is 6.13. The van der Waals surface area contributed by atoms with Crippen LogP contribution in [0.3, 0.4) is 0 Å². The molecular weight excluding hydrogens is 248 g/mol.